The summed E-state index contributed by atoms with van der Waals surface area (Å²) in [6.07, 6.45) is 0.816. The fourth-order valence-corrected chi connectivity index (χ4v) is 3.55. The van der Waals surface area contributed by atoms with Crippen LogP contribution in [-0.2, 0) is 6.54 Å². The zero-order chi connectivity index (χ0) is 13.0. The molecule has 1 aromatic carbocycles. The van der Waals surface area contributed by atoms with Crippen molar-refractivity contribution >= 4 is 33.0 Å². The average molecular weight is 284 g/mol. The molecule has 0 aliphatic rings. The van der Waals surface area contributed by atoms with Crippen LogP contribution in [0, 0.1) is 0 Å². The number of hydrogen-bond acceptors (Lipinski definition) is 3. The topological polar surface area (TPSA) is 23.5 Å². The number of rotatable bonds is 6. The van der Waals surface area contributed by atoms with E-state index in [0.29, 0.717) is 0 Å². The number of thiophene rings is 1. The molecule has 2 nitrogen and oxygen atoms in total. The molecule has 0 radical (unpaired) electrons. The summed E-state index contributed by atoms with van der Waals surface area (Å²) in [6.45, 7) is 5.14. The summed E-state index contributed by atoms with van der Waals surface area (Å²) in [5.74, 6) is 0. The van der Waals surface area contributed by atoms with Gasteiger partial charge in [-0.05, 0) is 19.0 Å². The summed E-state index contributed by atoms with van der Waals surface area (Å²) in [7, 11) is 0. The predicted octanol–water partition coefficient (Wildman–Crippen LogP) is 3.76. The zero-order valence-corrected chi connectivity index (χ0v) is 12.1. The van der Waals surface area contributed by atoms with Crippen LogP contribution in [0.15, 0.2) is 24.3 Å². The Morgan fingerprint density at radius 3 is 2.78 bits per heavy atom. The minimum atomic E-state index is 0.247. The third kappa shape index (κ3) is 3.04. The van der Waals surface area contributed by atoms with E-state index in [9.17, 15) is 0 Å². The van der Waals surface area contributed by atoms with Crippen molar-refractivity contribution in [1.29, 1.82) is 0 Å². The maximum Gasteiger partial charge on any atom is 0.0637 e. The molecule has 0 amide bonds. The van der Waals surface area contributed by atoms with E-state index in [1.165, 1.54) is 9.58 Å². The van der Waals surface area contributed by atoms with Gasteiger partial charge in [0.1, 0.15) is 0 Å². The maximum atomic E-state index is 8.90. The molecule has 1 heterocycles. The first-order chi connectivity index (χ1) is 8.76. The van der Waals surface area contributed by atoms with Crippen molar-refractivity contribution in [1.82, 2.24) is 4.90 Å². The summed E-state index contributed by atoms with van der Waals surface area (Å²) in [4.78, 5) is 3.53. The SMILES string of the molecule is CCN(CCCO)Cc1sc2ccccc2c1Cl. The number of benzene rings is 1. The van der Waals surface area contributed by atoms with Gasteiger partial charge in [-0.3, -0.25) is 4.90 Å². The number of hydrogen-bond donors (Lipinski definition) is 1. The number of aliphatic hydroxyl groups is 1. The van der Waals surface area contributed by atoms with E-state index < -0.39 is 0 Å². The molecule has 0 aliphatic carbocycles. The highest BCUT2D eigenvalue weighted by Gasteiger charge is 2.12. The van der Waals surface area contributed by atoms with Crippen molar-refractivity contribution in [2.75, 3.05) is 19.7 Å². The summed E-state index contributed by atoms with van der Waals surface area (Å²) in [6, 6.07) is 8.25. The maximum absolute atomic E-state index is 8.90. The molecule has 4 heteroatoms. The standard InChI is InChI=1S/C14H18ClNOS/c1-2-16(8-5-9-17)10-13-14(15)11-6-3-4-7-12(11)18-13/h3-4,6-7,17H,2,5,8-10H2,1H3. The van der Waals surface area contributed by atoms with Crippen molar-refractivity contribution in [3.63, 3.8) is 0 Å². The molecule has 18 heavy (non-hydrogen) atoms. The van der Waals surface area contributed by atoms with Crippen LogP contribution in [0.5, 0.6) is 0 Å². The van der Waals surface area contributed by atoms with Crippen molar-refractivity contribution in [3.05, 3.63) is 34.2 Å². The van der Waals surface area contributed by atoms with Gasteiger partial charge in [0.05, 0.1) is 5.02 Å². The number of fused-ring (bicyclic) bond motifs is 1. The number of aliphatic hydroxyl groups excluding tert-OH is 1. The van der Waals surface area contributed by atoms with Crippen LogP contribution in [-0.4, -0.2) is 29.7 Å². The van der Waals surface area contributed by atoms with Gasteiger partial charge in [0.15, 0.2) is 0 Å². The predicted molar refractivity (Wildman–Crippen MR) is 79.5 cm³/mol. The van der Waals surface area contributed by atoms with E-state index in [1.807, 2.05) is 12.1 Å². The third-order valence-corrected chi connectivity index (χ3v) is 4.75. The normalized spacial score (nSPS) is 11.6. The van der Waals surface area contributed by atoms with Crippen molar-refractivity contribution < 1.29 is 5.11 Å². The summed E-state index contributed by atoms with van der Waals surface area (Å²) in [5, 5.41) is 10.9. The molecule has 98 valence electrons. The Morgan fingerprint density at radius 1 is 1.33 bits per heavy atom. The van der Waals surface area contributed by atoms with Gasteiger partial charge in [-0.25, -0.2) is 0 Å². The summed E-state index contributed by atoms with van der Waals surface area (Å²) >= 11 is 8.19. The van der Waals surface area contributed by atoms with Crippen LogP contribution < -0.4 is 0 Å². The lowest BCUT2D eigenvalue weighted by Crippen LogP contribution is -2.24. The first-order valence-electron chi connectivity index (χ1n) is 6.25. The smallest absolute Gasteiger partial charge is 0.0637 e. The van der Waals surface area contributed by atoms with Crippen molar-refractivity contribution in [2.24, 2.45) is 0 Å². The molecule has 0 atom stereocenters. The van der Waals surface area contributed by atoms with Gasteiger partial charge < -0.3 is 5.11 Å². The Labute approximate surface area is 117 Å². The van der Waals surface area contributed by atoms with E-state index in [-0.39, 0.29) is 6.61 Å². The largest absolute Gasteiger partial charge is 0.396 e. The quantitative estimate of drug-likeness (QED) is 0.873. The molecule has 0 spiro atoms. The molecular formula is C14H18ClNOS. The van der Waals surface area contributed by atoms with E-state index in [0.717, 1.165) is 36.5 Å². The molecule has 0 bridgehead atoms. The molecule has 0 unspecified atom stereocenters. The van der Waals surface area contributed by atoms with Gasteiger partial charge in [-0.2, -0.15) is 0 Å². The van der Waals surface area contributed by atoms with E-state index in [1.54, 1.807) is 11.3 Å². The van der Waals surface area contributed by atoms with Crippen LogP contribution in [0.1, 0.15) is 18.2 Å². The lowest BCUT2D eigenvalue weighted by Gasteiger charge is -2.19. The van der Waals surface area contributed by atoms with Crippen LogP contribution >= 0.6 is 22.9 Å². The third-order valence-electron chi connectivity index (χ3n) is 3.05. The molecule has 1 N–H and O–H groups in total. The van der Waals surface area contributed by atoms with Gasteiger partial charge in [0, 0.05) is 34.7 Å². The Kier molecular flexibility index (Phi) is 5.01. The first-order valence-corrected chi connectivity index (χ1v) is 7.44. The lowest BCUT2D eigenvalue weighted by molar-refractivity contribution is 0.226. The molecule has 2 aromatic rings. The highest BCUT2D eigenvalue weighted by atomic mass is 35.5. The molecule has 0 saturated carbocycles. The van der Waals surface area contributed by atoms with Crippen LogP contribution in [0.3, 0.4) is 0 Å². The second kappa shape index (κ2) is 6.53. The Morgan fingerprint density at radius 2 is 2.11 bits per heavy atom. The second-order valence-corrected chi connectivity index (χ2v) is 5.80. The second-order valence-electron chi connectivity index (χ2n) is 4.28. The molecule has 0 fully saturated rings. The minimum Gasteiger partial charge on any atom is -0.396 e. The molecule has 0 aliphatic heterocycles. The van der Waals surface area contributed by atoms with Gasteiger partial charge in [-0.15, -0.1) is 11.3 Å². The molecular weight excluding hydrogens is 266 g/mol. The van der Waals surface area contributed by atoms with E-state index in [4.69, 9.17) is 16.7 Å². The summed E-state index contributed by atoms with van der Waals surface area (Å²) in [5.41, 5.74) is 0. The first kappa shape index (κ1) is 13.8. The lowest BCUT2D eigenvalue weighted by atomic mass is 10.2. The van der Waals surface area contributed by atoms with Crippen LogP contribution in [0.25, 0.3) is 10.1 Å². The highest BCUT2D eigenvalue weighted by molar-refractivity contribution is 7.19. The Hall–Kier alpha value is -0.610. The van der Waals surface area contributed by atoms with Gasteiger partial charge >= 0.3 is 0 Å². The number of nitrogens with zero attached hydrogens (tertiary/aromatic N) is 1. The fourth-order valence-electron chi connectivity index (χ4n) is 2.01. The number of halogens is 1. The monoisotopic (exact) mass is 283 g/mol. The summed E-state index contributed by atoms with van der Waals surface area (Å²) < 4.78 is 1.25. The van der Waals surface area contributed by atoms with Gasteiger partial charge in [0.2, 0.25) is 0 Å². The Bertz CT molecular complexity index is 511. The average Bonchev–Trinajstić information content (AvgIpc) is 2.72. The van der Waals surface area contributed by atoms with Gasteiger partial charge in [-0.1, -0.05) is 36.7 Å². The fraction of sp³-hybridized carbons (Fsp3) is 0.429. The zero-order valence-electron chi connectivity index (χ0n) is 10.5. The molecule has 1 aromatic heterocycles. The highest BCUT2D eigenvalue weighted by Crippen LogP contribution is 2.35. The van der Waals surface area contributed by atoms with Crippen molar-refractivity contribution in [3.8, 4) is 0 Å². The molecule has 2 rings (SSSR count). The van der Waals surface area contributed by atoms with Crippen molar-refractivity contribution in [2.45, 2.75) is 19.9 Å². The van der Waals surface area contributed by atoms with Crippen LogP contribution in [0.2, 0.25) is 5.02 Å². The molecule has 0 saturated heterocycles. The van der Waals surface area contributed by atoms with Gasteiger partial charge in [0.25, 0.3) is 0 Å². The Balaban J connectivity index is 2.17. The van der Waals surface area contributed by atoms with E-state index in [2.05, 4.69) is 24.0 Å². The van der Waals surface area contributed by atoms with E-state index >= 15 is 0 Å². The minimum absolute atomic E-state index is 0.247. The van der Waals surface area contributed by atoms with Crippen LogP contribution in [0.4, 0.5) is 0 Å².